The molecule has 0 fully saturated rings. The second-order valence-corrected chi connectivity index (χ2v) is 5.65. The molecule has 0 amide bonds. The van der Waals surface area contributed by atoms with E-state index in [-0.39, 0.29) is 4.90 Å². The third-order valence-corrected chi connectivity index (χ3v) is 3.80. The highest BCUT2D eigenvalue weighted by atomic mass is 32.2. The van der Waals surface area contributed by atoms with E-state index in [0.717, 1.165) is 5.56 Å². The maximum absolute atomic E-state index is 12.1. The van der Waals surface area contributed by atoms with Gasteiger partial charge in [0.25, 0.3) is 10.0 Å². The van der Waals surface area contributed by atoms with Crippen molar-refractivity contribution < 1.29 is 13.2 Å². The van der Waals surface area contributed by atoms with Crippen LogP contribution in [-0.4, -0.2) is 25.2 Å². The first-order valence-corrected chi connectivity index (χ1v) is 7.26. The molecule has 7 heteroatoms. The van der Waals surface area contributed by atoms with Gasteiger partial charge in [-0.15, -0.1) is 0 Å². The van der Waals surface area contributed by atoms with Crippen LogP contribution in [0.1, 0.15) is 12.5 Å². The largest absolute Gasteiger partial charge is 0.492 e. The summed E-state index contributed by atoms with van der Waals surface area (Å²) in [5.74, 6) is 0.509. The molecule has 0 saturated heterocycles. The topological polar surface area (TPSA) is 84.1 Å². The van der Waals surface area contributed by atoms with E-state index in [2.05, 4.69) is 14.9 Å². The number of benzene rings is 1. The van der Waals surface area contributed by atoms with E-state index < -0.39 is 10.0 Å². The van der Waals surface area contributed by atoms with E-state index in [0.29, 0.717) is 18.0 Å². The van der Waals surface area contributed by atoms with Crippen molar-refractivity contribution in [1.29, 1.82) is 0 Å². The Hall–Kier alpha value is -2.02. The monoisotopic (exact) mass is 281 g/mol. The van der Waals surface area contributed by atoms with Gasteiger partial charge < -0.3 is 4.74 Å². The number of H-pyrrole nitrogens is 1. The van der Waals surface area contributed by atoms with Gasteiger partial charge in [-0.2, -0.15) is 5.10 Å². The molecule has 6 nitrogen and oxygen atoms in total. The molecule has 19 heavy (non-hydrogen) atoms. The van der Waals surface area contributed by atoms with E-state index in [1.807, 2.05) is 19.9 Å². The van der Waals surface area contributed by atoms with Crippen molar-refractivity contribution in [3.05, 3.63) is 36.2 Å². The summed E-state index contributed by atoms with van der Waals surface area (Å²) in [6.07, 6.45) is 2.56. The van der Waals surface area contributed by atoms with Gasteiger partial charge in [0, 0.05) is 6.20 Å². The van der Waals surface area contributed by atoms with E-state index in [1.54, 1.807) is 12.1 Å². The van der Waals surface area contributed by atoms with Gasteiger partial charge in [-0.3, -0.25) is 9.82 Å². The molecule has 1 aromatic heterocycles. The predicted molar refractivity (Wildman–Crippen MR) is 71.7 cm³/mol. The molecular weight excluding hydrogens is 266 g/mol. The zero-order valence-corrected chi connectivity index (χ0v) is 11.5. The number of aromatic amines is 1. The lowest BCUT2D eigenvalue weighted by atomic mass is 10.2. The minimum absolute atomic E-state index is 0.0792. The Morgan fingerprint density at radius 1 is 1.42 bits per heavy atom. The number of sulfonamides is 1. The van der Waals surface area contributed by atoms with Crippen LogP contribution in [0.4, 0.5) is 5.69 Å². The van der Waals surface area contributed by atoms with Crippen molar-refractivity contribution in [2.24, 2.45) is 0 Å². The summed E-state index contributed by atoms with van der Waals surface area (Å²) < 4.78 is 32.1. The van der Waals surface area contributed by atoms with Gasteiger partial charge in [-0.25, -0.2) is 8.42 Å². The highest BCUT2D eigenvalue weighted by Gasteiger charge is 2.17. The lowest BCUT2D eigenvalue weighted by molar-refractivity contribution is 0.342. The van der Waals surface area contributed by atoms with Crippen molar-refractivity contribution >= 4 is 15.7 Å². The molecule has 0 unspecified atom stereocenters. The van der Waals surface area contributed by atoms with Gasteiger partial charge in [-0.05, 0) is 31.5 Å². The van der Waals surface area contributed by atoms with Crippen molar-refractivity contribution in [1.82, 2.24) is 10.2 Å². The van der Waals surface area contributed by atoms with Crippen LogP contribution >= 0.6 is 0 Å². The van der Waals surface area contributed by atoms with Crippen molar-refractivity contribution in [3.63, 3.8) is 0 Å². The van der Waals surface area contributed by atoms with Crippen molar-refractivity contribution in [3.8, 4) is 5.75 Å². The van der Waals surface area contributed by atoms with Crippen LogP contribution < -0.4 is 9.46 Å². The fourth-order valence-electron chi connectivity index (χ4n) is 1.58. The molecule has 0 atom stereocenters. The van der Waals surface area contributed by atoms with Crippen LogP contribution in [0.5, 0.6) is 5.75 Å². The molecule has 0 aliphatic rings. The van der Waals surface area contributed by atoms with Gasteiger partial charge in [0.2, 0.25) is 0 Å². The van der Waals surface area contributed by atoms with Crippen LogP contribution in [0, 0.1) is 6.92 Å². The highest BCUT2D eigenvalue weighted by molar-refractivity contribution is 7.92. The minimum atomic E-state index is -3.65. The van der Waals surface area contributed by atoms with Gasteiger partial charge in [0.05, 0.1) is 18.5 Å². The summed E-state index contributed by atoms with van der Waals surface area (Å²) in [5, 5.41) is 6.10. The Labute approximate surface area is 111 Å². The smallest absolute Gasteiger partial charge is 0.265 e. The summed E-state index contributed by atoms with van der Waals surface area (Å²) in [6.45, 7) is 4.22. The number of rotatable bonds is 5. The molecule has 2 rings (SSSR count). The van der Waals surface area contributed by atoms with Gasteiger partial charge in [0.15, 0.2) is 0 Å². The lowest BCUT2D eigenvalue weighted by Crippen LogP contribution is -2.13. The van der Waals surface area contributed by atoms with E-state index in [1.165, 1.54) is 12.4 Å². The summed E-state index contributed by atoms with van der Waals surface area (Å²) in [7, 11) is -3.65. The highest BCUT2D eigenvalue weighted by Crippen LogP contribution is 2.27. The molecule has 0 radical (unpaired) electrons. The Morgan fingerprint density at radius 2 is 2.21 bits per heavy atom. The van der Waals surface area contributed by atoms with Gasteiger partial charge in [-0.1, -0.05) is 6.07 Å². The van der Waals surface area contributed by atoms with E-state index in [4.69, 9.17) is 4.74 Å². The fraction of sp³-hybridized carbons (Fsp3) is 0.250. The second-order valence-electron chi connectivity index (χ2n) is 3.97. The first-order valence-electron chi connectivity index (χ1n) is 5.78. The Bertz CT molecular complexity index is 651. The zero-order valence-electron chi connectivity index (χ0n) is 10.7. The Kier molecular flexibility index (Phi) is 3.75. The molecule has 102 valence electrons. The number of aryl methyl sites for hydroxylation is 1. The number of anilines is 1. The zero-order chi connectivity index (χ0) is 13.9. The SMILES string of the molecule is CCOc1cc(C)ccc1NS(=O)(=O)c1cn[nH]c1. The Balaban J connectivity index is 2.33. The molecule has 0 aliphatic carbocycles. The number of hydrogen-bond donors (Lipinski definition) is 2. The first-order chi connectivity index (χ1) is 9.03. The summed E-state index contributed by atoms with van der Waals surface area (Å²) in [5.41, 5.74) is 1.41. The standard InChI is InChI=1S/C12H15N3O3S/c1-3-18-12-6-9(2)4-5-11(12)15-19(16,17)10-7-13-14-8-10/h4-8,15H,3H2,1-2H3,(H,13,14). The maximum atomic E-state index is 12.1. The fourth-order valence-corrected chi connectivity index (χ4v) is 2.55. The van der Waals surface area contributed by atoms with Crippen molar-refractivity contribution in [2.75, 3.05) is 11.3 Å². The summed E-state index contributed by atoms with van der Waals surface area (Å²) in [6, 6.07) is 5.28. The lowest BCUT2D eigenvalue weighted by Gasteiger charge is -2.12. The van der Waals surface area contributed by atoms with Crippen LogP contribution in [0.15, 0.2) is 35.5 Å². The summed E-state index contributed by atoms with van der Waals surface area (Å²) >= 11 is 0. The number of nitrogens with zero attached hydrogens (tertiary/aromatic N) is 1. The molecule has 0 spiro atoms. The Morgan fingerprint density at radius 3 is 2.84 bits per heavy atom. The quantitative estimate of drug-likeness (QED) is 0.877. The molecule has 0 saturated carbocycles. The van der Waals surface area contributed by atoms with Crippen LogP contribution in [0.3, 0.4) is 0 Å². The number of ether oxygens (including phenoxy) is 1. The molecule has 2 aromatic rings. The molecule has 2 N–H and O–H groups in total. The maximum Gasteiger partial charge on any atom is 0.265 e. The molecule has 0 aliphatic heterocycles. The summed E-state index contributed by atoms with van der Waals surface area (Å²) in [4.78, 5) is 0.0792. The number of nitrogens with one attached hydrogen (secondary N) is 2. The molecular formula is C12H15N3O3S. The normalized spacial score (nSPS) is 11.3. The van der Waals surface area contributed by atoms with Crippen LogP contribution in [0.2, 0.25) is 0 Å². The van der Waals surface area contributed by atoms with E-state index >= 15 is 0 Å². The first kappa shape index (κ1) is 13.4. The molecule has 1 aromatic carbocycles. The molecule has 0 bridgehead atoms. The van der Waals surface area contributed by atoms with Crippen molar-refractivity contribution in [2.45, 2.75) is 18.7 Å². The third-order valence-electron chi connectivity index (χ3n) is 2.46. The number of hydrogen-bond acceptors (Lipinski definition) is 4. The number of aromatic nitrogens is 2. The third kappa shape index (κ3) is 3.05. The second kappa shape index (κ2) is 5.31. The van der Waals surface area contributed by atoms with E-state index in [9.17, 15) is 8.42 Å². The average molecular weight is 281 g/mol. The van der Waals surface area contributed by atoms with Gasteiger partial charge >= 0.3 is 0 Å². The van der Waals surface area contributed by atoms with Crippen LogP contribution in [0.25, 0.3) is 0 Å². The van der Waals surface area contributed by atoms with Crippen LogP contribution in [-0.2, 0) is 10.0 Å². The predicted octanol–water partition coefficient (Wildman–Crippen LogP) is 1.92. The molecule has 1 heterocycles. The minimum Gasteiger partial charge on any atom is -0.492 e. The average Bonchev–Trinajstić information content (AvgIpc) is 2.87. The van der Waals surface area contributed by atoms with Gasteiger partial charge in [0.1, 0.15) is 10.6 Å².